The largest absolute Gasteiger partial charge is 0.378 e. The number of thiophene rings is 1. The topological polar surface area (TPSA) is 98.2 Å². The van der Waals surface area contributed by atoms with Crippen LogP contribution in [0.5, 0.6) is 0 Å². The minimum Gasteiger partial charge on any atom is -0.378 e. The lowest BCUT2D eigenvalue weighted by molar-refractivity contribution is 0.122. The monoisotopic (exact) mass is 467 g/mol. The van der Waals surface area contributed by atoms with Crippen molar-refractivity contribution < 1.29 is 13.2 Å². The van der Waals surface area contributed by atoms with Gasteiger partial charge in [0.15, 0.2) is 11.6 Å². The molecule has 32 heavy (non-hydrogen) atoms. The molecular formula is C22H21N5O3S2. The second-order valence-electron chi connectivity index (χ2n) is 7.52. The van der Waals surface area contributed by atoms with E-state index in [9.17, 15) is 8.42 Å². The number of morpholine rings is 1. The van der Waals surface area contributed by atoms with Gasteiger partial charge in [0.1, 0.15) is 17.0 Å². The predicted octanol–water partition coefficient (Wildman–Crippen LogP) is 3.07. The second kappa shape index (κ2) is 8.89. The predicted molar refractivity (Wildman–Crippen MR) is 126 cm³/mol. The lowest BCUT2D eigenvalue weighted by Gasteiger charge is -2.28. The minimum atomic E-state index is -2.48. The molecule has 1 fully saturated rings. The highest BCUT2D eigenvalue weighted by atomic mass is 32.2. The Hall–Kier alpha value is -2.95. The highest BCUT2D eigenvalue weighted by molar-refractivity contribution is 7.71. The Morgan fingerprint density at radius 2 is 1.88 bits per heavy atom. The maximum atomic E-state index is 11.2. The fourth-order valence-electron chi connectivity index (χ4n) is 3.84. The van der Waals surface area contributed by atoms with E-state index in [1.165, 1.54) is 6.33 Å². The van der Waals surface area contributed by atoms with Gasteiger partial charge >= 0.3 is 0 Å². The van der Waals surface area contributed by atoms with Crippen LogP contribution in [-0.4, -0.2) is 54.7 Å². The summed E-state index contributed by atoms with van der Waals surface area (Å²) >= 11 is 1.64. The molecule has 4 heterocycles. The van der Waals surface area contributed by atoms with E-state index in [1.807, 2.05) is 24.3 Å². The summed E-state index contributed by atoms with van der Waals surface area (Å²) in [5.74, 6) is 1.50. The molecule has 0 aliphatic carbocycles. The van der Waals surface area contributed by atoms with Gasteiger partial charge in [0, 0.05) is 30.4 Å². The first kappa shape index (κ1) is 20.9. The Morgan fingerprint density at radius 1 is 1.09 bits per heavy atom. The SMILES string of the molecule is Cc1c(-c2cccc(C[SH](=O)=O)c2)sc2c(N3CCOCC3)nc(-c3cncnc3)nc12. The van der Waals surface area contributed by atoms with Gasteiger partial charge in [-0.25, -0.2) is 28.4 Å². The lowest BCUT2D eigenvalue weighted by Crippen LogP contribution is -2.36. The summed E-state index contributed by atoms with van der Waals surface area (Å²) in [6, 6.07) is 7.68. The van der Waals surface area contributed by atoms with E-state index in [-0.39, 0.29) is 5.75 Å². The number of aryl methyl sites for hydroxylation is 1. The highest BCUT2D eigenvalue weighted by Gasteiger charge is 2.23. The molecule has 10 heteroatoms. The minimum absolute atomic E-state index is 0.0318. The number of benzene rings is 1. The van der Waals surface area contributed by atoms with Crippen LogP contribution in [0, 0.1) is 6.92 Å². The number of hydrogen-bond donors (Lipinski definition) is 1. The quantitative estimate of drug-likeness (QED) is 0.447. The lowest BCUT2D eigenvalue weighted by atomic mass is 10.1. The molecule has 164 valence electrons. The maximum absolute atomic E-state index is 11.2. The van der Waals surface area contributed by atoms with Crippen LogP contribution in [0.15, 0.2) is 43.0 Å². The summed E-state index contributed by atoms with van der Waals surface area (Å²) in [6.07, 6.45) is 4.92. The highest BCUT2D eigenvalue weighted by Crippen LogP contribution is 2.42. The molecule has 3 aromatic heterocycles. The molecule has 1 saturated heterocycles. The summed E-state index contributed by atoms with van der Waals surface area (Å²) in [6.45, 7) is 4.88. The first-order chi connectivity index (χ1) is 15.6. The Kier molecular flexibility index (Phi) is 5.81. The average Bonchev–Trinajstić information content (AvgIpc) is 3.16. The number of nitrogens with zero attached hydrogens (tertiary/aromatic N) is 5. The number of thiol groups is 1. The molecule has 4 aromatic rings. The molecule has 8 nitrogen and oxygen atoms in total. The van der Waals surface area contributed by atoms with Crippen molar-refractivity contribution in [2.45, 2.75) is 12.7 Å². The molecular weight excluding hydrogens is 446 g/mol. The van der Waals surface area contributed by atoms with E-state index < -0.39 is 10.7 Å². The number of hydrogen-bond acceptors (Lipinski definition) is 9. The molecule has 1 aromatic carbocycles. The van der Waals surface area contributed by atoms with Gasteiger partial charge in [-0.2, -0.15) is 0 Å². The molecule has 0 unspecified atom stereocenters. The zero-order valence-corrected chi connectivity index (χ0v) is 19.1. The van der Waals surface area contributed by atoms with Crippen molar-refractivity contribution in [3.63, 3.8) is 0 Å². The van der Waals surface area contributed by atoms with E-state index in [1.54, 1.807) is 23.7 Å². The Balaban J connectivity index is 1.69. The molecule has 5 rings (SSSR count). The van der Waals surface area contributed by atoms with Gasteiger partial charge in [0.25, 0.3) is 0 Å². The summed E-state index contributed by atoms with van der Waals surface area (Å²) in [4.78, 5) is 21.3. The third kappa shape index (κ3) is 4.08. The molecule has 0 amide bonds. The number of aromatic nitrogens is 4. The fraction of sp³-hybridized carbons (Fsp3) is 0.273. The third-order valence-corrected chi connectivity index (χ3v) is 7.33. The molecule has 1 aliphatic heterocycles. The van der Waals surface area contributed by atoms with Crippen molar-refractivity contribution in [3.8, 4) is 21.8 Å². The first-order valence-electron chi connectivity index (χ1n) is 10.2. The standard InChI is InChI=1S/C22H21N5O3S2/c1-14-18-20(31-19(14)16-4-2-3-15(9-16)12-32(28)29)22(27-5-7-30-8-6-27)26-21(25-18)17-10-23-13-24-11-17/h2-4,9-11,13,32H,5-8,12H2,1H3. The van der Waals surface area contributed by atoms with Gasteiger partial charge in [-0.3, -0.25) is 0 Å². The zero-order chi connectivity index (χ0) is 22.1. The van der Waals surface area contributed by atoms with Gasteiger partial charge < -0.3 is 9.64 Å². The normalized spacial score (nSPS) is 14.4. The average molecular weight is 468 g/mol. The number of anilines is 1. The molecule has 0 radical (unpaired) electrons. The van der Waals surface area contributed by atoms with Gasteiger partial charge in [-0.05, 0) is 29.7 Å². The smallest absolute Gasteiger partial charge is 0.165 e. The number of fused-ring (bicyclic) bond motifs is 1. The van der Waals surface area contributed by atoms with Crippen LogP contribution in [0.4, 0.5) is 5.82 Å². The van der Waals surface area contributed by atoms with E-state index >= 15 is 0 Å². The molecule has 0 bridgehead atoms. The van der Waals surface area contributed by atoms with Gasteiger partial charge in [0.05, 0.1) is 34.7 Å². The second-order valence-corrected chi connectivity index (χ2v) is 9.52. The van der Waals surface area contributed by atoms with Crippen LogP contribution in [0.25, 0.3) is 32.0 Å². The van der Waals surface area contributed by atoms with Crippen LogP contribution < -0.4 is 4.90 Å². The maximum Gasteiger partial charge on any atom is 0.165 e. The molecule has 0 N–H and O–H groups in total. The van der Waals surface area contributed by atoms with Crippen LogP contribution in [0.2, 0.25) is 0 Å². The van der Waals surface area contributed by atoms with E-state index in [0.29, 0.717) is 19.0 Å². The van der Waals surface area contributed by atoms with Crippen molar-refractivity contribution in [3.05, 3.63) is 54.1 Å². The van der Waals surface area contributed by atoms with Crippen molar-refractivity contribution in [2.24, 2.45) is 0 Å². The van der Waals surface area contributed by atoms with E-state index in [4.69, 9.17) is 14.7 Å². The van der Waals surface area contributed by atoms with Gasteiger partial charge in [-0.1, -0.05) is 18.2 Å². The third-order valence-electron chi connectivity index (χ3n) is 5.38. The Morgan fingerprint density at radius 3 is 2.62 bits per heavy atom. The molecule has 1 aliphatic rings. The van der Waals surface area contributed by atoms with Crippen LogP contribution in [0.3, 0.4) is 0 Å². The van der Waals surface area contributed by atoms with Crippen LogP contribution in [0.1, 0.15) is 11.1 Å². The number of ether oxygens (including phenoxy) is 1. The Labute approximate surface area is 190 Å². The number of rotatable bonds is 5. The molecule has 0 saturated carbocycles. The van der Waals surface area contributed by atoms with E-state index in [0.717, 1.165) is 56.3 Å². The van der Waals surface area contributed by atoms with Crippen LogP contribution in [-0.2, 0) is 21.2 Å². The summed E-state index contributed by atoms with van der Waals surface area (Å²) < 4.78 is 29.0. The molecule has 0 spiro atoms. The molecule has 0 atom stereocenters. The van der Waals surface area contributed by atoms with Crippen molar-refractivity contribution >= 4 is 38.1 Å². The fourth-order valence-corrected chi connectivity index (χ4v) is 5.60. The van der Waals surface area contributed by atoms with Crippen molar-refractivity contribution in [1.82, 2.24) is 19.9 Å². The summed E-state index contributed by atoms with van der Waals surface area (Å²) in [5, 5.41) is 0. The zero-order valence-electron chi connectivity index (χ0n) is 17.4. The summed E-state index contributed by atoms with van der Waals surface area (Å²) in [5.41, 5.74) is 4.45. The van der Waals surface area contributed by atoms with Crippen molar-refractivity contribution in [1.29, 1.82) is 0 Å². The van der Waals surface area contributed by atoms with Crippen molar-refractivity contribution in [2.75, 3.05) is 31.2 Å². The van der Waals surface area contributed by atoms with Gasteiger partial charge in [0.2, 0.25) is 0 Å². The van der Waals surface area contributed by atoms with Gasteiger partial charge in [-0.15, -0.1) is 11.3 Å². The van der Waals surface area contributed by atoms with E-state index in [2.05, 4.69) is 21.8 Å². The Bertz CT molecular complexity index is 1340. The van der Waals surface area contributed by atoms with Crippen LogP contribution >= 0.6 is 11.3 Å². The first-order valence-corrected chi connectivity index (χ1v) is 12.4. The summed E-state index contributed by atoms with van der Waals surface area (Å²) in [7, 11) is -2.48.